The summed E-state index contributed by atoms with van der Waals surface area (Å²) in [6.07, 6.45) is 1.76. The number of methoxy groups -OCH3 is 2. The molecule has 2 amide bonds. The lowest BCUT2D eigenvalue weighted by Crippen LogP contribution is -2.30. The molecule has 1 atom stereocenters. The Morgan fingerprint density at radius 3 is 2.28 bits per heavy atom. The topological polar surface area (TPSA) is 99.2 Å². The SMILES string of the molecule is COc1cc(C(=O)OC2CCCCC2=O)cc(CN2C(=O)c3ccccc3C2=O)c1OC. The normalized spacial score (nSPS) is 17.9. The molecule has 32 heavy (non-hydrogen) atoms. The molecular weight excluding hydrogens is 414 g/mol. The van der Waals surface area contributed by atoms with E-state index in [1.807, 2.05) is 0 Å². The predicted octanol–water partition coefficient (Wildman–Crippen LogP) is 3.17. The zero-order valence-electron chi connectivity index (χ0n) is 17.9. The molecule has 1 aliphatic carbocycles. The van der Waals surface area contributed by atoms with Gasteiger partial charge in [-0.3, -0.25) is 19.3 Å². The molecule has 0 aromatic heterocycles. The molecule has 1 saturated carbocycles. The summed E-state index contributed by atoms with van der Waals surface area (Å²) in [6.45, 7) is -0.116. The Morgan fingerprint density at radius 1 is 1.00 bits per heavy atom. The molecule has 2 aliphatic rings. The molecule has 0 saturated heterocycles. The number of carbonyl (C=O) groups excluding carboxylic acids is 4. The highest BCUT2D eigenvalue weighted by Crippen LogP contribution is 2.35. The molecule has 2 aromatic carbocycles. The Balaban J connectivity index is 1.64. The van der Waals surface area contributed by atoms with Gasteiger partial charge >= 0.3 is 5.97 Å². The lowest BCUT2D eigenvalue weighted by molar-refractivity contribution is -0.129. The van der Waals surface area contributed by atoms with Gasteiger partial charge in [-0.25, -0.2) is 4.79 Å². The number of nitrogens with zero attached hydrogens (tertiary/aromatic N) is 1. The Morgan fingerprint density at radius 2 is 1.69 bits per heavy atom. The van der Waals surface area contributed by atoms with Crippen LogP contribution in [0, 0.1) is 0 Å². The molecule has 0 N–H and O–H groups in total. The Bertz CT molecular complexity index is 1070. The van der Waals surface area contributed by atoms with Crippen LogP contribution in [0.5, 0.6) is 11.5 Å². The fraction of sp³-hybridized carbons (Fsp3) is 0.333. The van der Waals surface area contributed by atoms with E-state index in [2.05, 4.69) is 0 Å². The predicted molar refractivity (Wildman–Crippen MR) is 113 cm³/mol. The molecular formula is C24H23NO7. The second-order valence-electron chi connectivity index (χ2n) is 7.72. The van der Waals surface area contributed by atoms with Gasteiger partial charge in [-0.1, -0.05) is 12.1 Å². The molecule has 8 nitrogen and oxygen atoms in total. The number of Topliss-reactive ketones (excluding diaryl/α,β-unsaturated/α-hetero) is 1. The Hall–Kier alpha value is -3.68. The van der Waals surface area contributed by atoms with Gasteiger partial charge < -0.3 is 14.2 Å². The minimum absolute atomic E-state index is 0.0867. The number of hydrogen-bond acceptors (Lipinski definition) is 7. The van der Waals surface area contributed by atoms with E-state index in [1.165, 1.54) is 26.4 Å². The smallest absolute Gasteiger partial charge is 0.338 e. The monoisotopic (exact) mass is 437 g/mol. The molecule has 8 heteroatoms. The Kier molecular flexibility index (Phi) is 5.94. The number of ketones is 1. The average molecular weight is 437 g/mol. The van der Waals surface area contributed by atoms with Crippen LogP contribution in [0.3, 0.4) is 0 Å². The second-order valence-corrected chi connectivity index (χ2v) is 7.72. The molecule has 0 spiro atoms. The van der Waals surface area contributed by atoms with E-state index in [-0.39, 0.29) is 23.6 Å². The number of esters is 1. The fourth-order valence-electron chi connectivity index (χ4n) is 4.10. The number of imide groups is 1. The molecule has 4 rings (SSSR count). The van der Waals surface area contributed by atoms with Crippen molar-refractivity contribution in [3.63, 3.8) is 0 Å². The Labute approximate surface area is 185 Å². The van der Waals surface area contributed by atoms with Gasteiger partial charge in [0, 0.05) is 12.0 Å². The van der Waals surface area contributed by atoms with Crippen molar-refractivity contribution in [3.05, 3.63) is 58.7 Å². The molecule has 2 aromatic rings. The summed E-state index contributed by atoms with van der Waals surface area (Å²) in [5.74, 6) is -1.05. The maximum atomic E-state index is 12.8. The summed E-state index contributed by atoms with van der Waals surface area (Å²) < 4.78 is 16.3. The van der Waals surface area contributed by atoms with Crippen molar-refractivity contribution in [1.29, 1.82) is 0 Å². The third kappa shape index (κ3) is 3.84. The molecule has 1 heterocycles. The highest BCUT2D eigenvalue weighted by Gasteiger charge is 2.36. The number of fused-ring (bicyclic) bond motifs is 1. The molecule has 1 fully saturated rings. The van der Waals surface area contributed by atoms with Crippen LogP contribution in [0.25, 0.3) is 0 Å². The van der Waals surface area contributed by atoms with E-state index in [0.29, 0.717) is 35.3 Å². The van der Waals surface area contributed by atoms with E-state index < -0.39 is 23.9 Å². The maximum Gasteiger partial charge on any atom is 0.338 e. The maximum absolute atomic E-state index is 12.8. The van der Waals surface area contributed by atoms with Crippen LogP contribution in [0.1, 0.15) is 62.3 Å². The molecule has 0 bridgehead atoms. The zero-order chi connectivity index (χ0) is 22.8. The lowest BCUT2D eigenvalue weighted by Gasteiger charge is -2.22. The van der Waals surface area contributed by atoms with E-state index in [1.54, 1.807) is 24.3 Å². The standard InChI is InChI=1S/C24H23NO7/c1-30-20-12-14(24(29)32-19-10-6-5-9-18(19)26)11-15(21(20)31-2)13-25-22(27)16-7-3-4-8-17(16)23(25)28/h3-4,7-8,11-12,19H,5-6,9-10,13H2,1-2H3. The third-order valence-electron chi connectivity index (χ3n) is 5.75. The van der Waals surface area contributed by atoms with Crippen molar-refractivity contribution in [3.8, 4) is 11.5 Å². The minimum Gasteiger partial charge on any atom is -0.493 e. The van der Waals surface area contributed by atoms with Crippen LogP contribution in [0.15, 0.2) is 36.4 Å². The van der Waals surface area contributed by atoms with Crippen molar-refractivity contribution in [2.24, 2.45) is 0 Å². The second kappa shape index (κ2) is 8.82. The highest BCUT2D eigenvalue weighted by atomic mass is 16.5. The summed E-state index contributed by atoms with van der Waals surface area (Å²) in [5, 5.41) is 0. The van der Waals surface area contributed by atoms with Gasteiger partial charge in [-0.05, 0) is 43.5 Å². The molecule has 0 radical (unpaired) electrons. The van der Waals surface area contributed by atoms with Crippen molar-refractivity contribution >= 4 is 23.6 Å². The molecule has 1 unspecified atom stereocenters. The molecule has 166 valence electrons. The largest absolute Gasteiger partial charge is 0.493 e. The number of hydrogen-bond donors (Lipinski definition) is 0. The summed E-state index contributed by atoms with van der Waals surface area (Å²) in [6, 6.07) is 9.55. The van der Waals surface area contributed by atoms with Crippen molar-refractivity contribution in [2.45, 2.75) is 38.3 Å². The number of carbonyl (C=O) groups is 4. The first-order valence-corrected chi connectivity index (χ1v) is 10.4. The first-order chi connectivity index (χ1) is 15.4. The van der Waals surface area contributed by atoms with Gasteiger partial charge in [0.05, 0.1) is 37.5 Å². The van der Waals surface area contributed by atoms with Crippen LogP contribution < -0.4 is 9.47 Å². The van der Waals surface area contributed by atoms with Gasteiger partial charge in [0.15, 0.2) is 23.4 Å². The zero-order valence-corrected chi connectivity index (χ0v) is 17.9. The minimum atomic E-state index is -0.760. The van der Waals surface area contributed by atoms with Gasteiger partial charge in [0.1, 0.15) is 0 Å². The quantitative estimate of drug-likeness (QED) is 0.506. The summed E-state index contributed by atoms with van der Waals surface area (Å²) in [7, 11) is 2.85. The van der Waals surface area contributed by atoms with Gasteiger partial charge in [-0.2, -0.15) is 0 Å². The summed E-state index contributed by atoms with van der Waals surface area (Å²) >= 11 is 0. The van der Waals surface area contributed by atoms with E-state index in [9.17, 15) is 19.2 Å². The molecule has 1 aliphatic heterocycles. The fourth-order valence-corrected chi connectivity index (χ4v) is 4.10. The van der Waals surface area contributed by atoms with Crippen molar-refractivity contribution in [2.75, 3.05) is 14.2 Å². The number of rotatable bonds is 6. The van der Waals surface area contributed by atoms with E-state index >= 15 is 0 Å². The van der Waals surface area contributed by atoms with Crippen LogP contribution in [0.2, 0.25) is 0 Å². The van der Waals surface area contributed by atoms with Crippen molar-refractivity contribution < 1.29 is 33.4 Å². The third-order valence-corrected chi connectivity index (χ3v) is 5.75. The van der Waals surface area contributed by atoms with Gasteiger partial charge in [0.2, 0.25) is 0 Å². The van der Waals surface area contributed by atoms with E-state index in [4.69, 9.17) is 14.2 Å². The summed E-state index contributed by atoms with van der Waals surface area (Å²) in [5.41, 5.74) is 1.21. The van der Waals surface area contributed by atoms with Crippen LogP contribution in [-0.2, 0) is 16.1 Å². The first kappa shape index (κ1) is 21.5. The summed E-state index contributed by atoms with van der Waals surface area (Å²) in [4.78, 5) is 51.5. The lowest BCUT2D eigenvalue weighted by atomic mass is 9.96. The number of benzene rings is 2. The first-order valence-electron chi connectivity index (χ1n) is 10.4. The van der Waals surface area contributed by atoms with Crippen molar-refractivity contribution in [1.82, 2.24) is 4.90 Å². The van der Waals surface area contributed by atoms with E-state index in [0.717, 1.165) is 17.7 Å². The highest BCUT2D eigenvalue weighted by molar-refractivity contribution is 6.21. The van der Waals surface area contributed by atoms with Gasteiger partial charge in [-0.15, -0.1) is 0 Å². The number of amides is 2. The van der Waals surface area contributed by atoms with Crippen LogP contribution in [0.4, 0.5) is 0 Å². The van der Waals surface area contributed by atoms with Crippen LogP contribution >= 0.6 is 0 Å². The average Bonchev–Trinajstić information content (AvgIpc) is 3.05. The van der Waals surface area contributed by atoms with Crippen LogP contribution in [-0.4, -0.2) is 48.8 Å². The van der Waals surface area contributed by atoms with Gasteiger partial charge in [0.25, 0.3) is 11.8 Å². The number of ether oxygens (including phenoxy) is 3.